The molecule has 1 aromatic heterocycles. The van der Waals surface area contributed by atoms with E-state index in [4.69, 9.17) is 9.47 Å². The second-order valence-electron chi connectivity index (χ2n) is 7.89. The van der Waals surface area contributed by atoms with Crippen molar-refractivity contribution in [2.75, 3.05) is 13.2 Å². The van der Waals surface area contributed by atoms with E-state index >= 15 is 0 Å². The highest BCUT2D eigenvalue weighted by atomic mass is 16.6. The number of carbonyl (C=O) groups is 1. The summed E-state index contributed by atoms with van der Waals surface area (Å²) in [5.41, 5.74) is 5.46. The van der Waals surface area contributed by atoms with Gasteiger partial charge in [-0.15, -0.1) is 0 Å². The minimum absolute atomic E-state index is 0.0162. The third-order valence-electron chi connectivity index (χ3n) is 5.83. The van der Waals surface area contributed by atoms with Crippen LogP contribution in [0.15, 0.2) is 85.1 Å². The first-order chi connectivity index (χ1) is 15.3. The van der Waals surface area contributed by atoms with E-state index in [1.54, 1.807) is 6.20 Å². The maximum Gasteiger partial charge on any atom is 0.411 e. The number of fused-ring (bicyclic) bond motifs is 2. The molecule has 5 heteroatoms. The molecule has 1 amide bonds. The molecule has 2 bridgehead atoms. The molecule has 2 aliphatic heterocycles. The fourth-order valence-electron chi connectivity index (χ4n) is 4.28. The first kappa shape index (κ1) is 19.5. The zero-order valence-corrected chi connectivity index (χ0v) is 17.2. The minimum Gasteiger partial charge on any atom is -0.445 e. The van der Waals surface area contributed by atoms with Crippen LogP contribution in [0.4, 0.5) is 4.79 Å². The second-order valence-corrected chi connectivity index (χ2v) is 7.89. The van der Waals surface area contributed by atoms with Crippen LogP contribution in [0.25, 0.3) is 16.8 Å². The summed E-state index contributed by atoms with van der Waals surface area (Å²) in [5, 5.41) is 0. The molecule has 0 spiro atoms. The van der Waals surface area contributed by atoms with Crippen molar-refractivity contribution >= 4 is 11.7 Å². The number of pyridine rings is 1. The van der Waals surface area contributed by atoms with Crippen LogP contribution in [0, 0.1) is 0 Å². The molecule has 0 aliphatic carbocycles. The van der Waals surface area contributed by atoms with Gasteiger partial charge in [-0.25, -0.2) is 4.79 Å². The zero-order chi connectivity index (χ0) is 21.0. The van der Waals surface area contributed by atoms with E-state index in [0.717, 1.165) is 23.2 Å². The quantitative estimate of drug-likeness (QED) is 0.609. The van der Waals surface area contributed by atoms with Crippen LogP contribution in [-0.2, 0) is 16.1 Å². The Hall–Kier alpha value is -3.44. The fourth-order valence-corrected chi connectivity index (χ4v) is 4.28. The number of nitrogens with zero attached hydrogens (tertiary/aromatic N) is 2. The summed E-state index contributed by atoms with van der Waals surface area (Å²) < 4.78 is 11.3. The molecular weight excluding hydrogens is 388 g/mol. The molecule has 3 aromatic rings. The van der Waals surface area contributed by atoms with Crippen LogP contribution in [0.1, 0.15) is 17.5 Å². The van der Waals surface area contributed by atoms with Gasteiger partial charge in [0.25, 0.3) is 0 Å². The van der Waals surface area contributed by atoms with Crippen LogP contribution in [0.2, 0.25) is 0 Å². The lowest BCUT2D eigenvalue weighted by molar-refractivity contribution is -0.0342. The predicted octanol–water partition coefficient (Wildman–Crippen LogP) is 4.94. The van der Waals surface area contributed by atoms with Gasteiger partial charge in [0.2, 0.25) is 0 Å². The maximum absolute atomic E-state index is 12.8. The Morgan fingerprint density at radius 2 is 1.74 bits per heavy atom. The van der Waals surface area contributed by atoms with E-state index in [9.17, 15) is 4.79 Å². The number of carbonyl (C=O) groups excluding carboxylic acids is 1. The smallest absolute Gasteiger partial charge is 0.411 e. The van der Waals surface area contributed by atoms with Crippen LogP contribution < -0.4 is 0 Å². The monoisotopic (exact) mass is 412 g/mol. The highest BCUT2D eigenvalue weighted by Gasteiger charge is 2.39. The topological polar surface area (TPSA) is 51.7 Å². The van der Waals surface area contributed by atoms with Gasteiger partial charge >= 0.3 is 6.09 Å². The molecule has 2 aromatic carbocycles. The molecule has 156 valence electrons. The van der Waals surface area contributed by atoms with Crippen molar-refractivity contribution < 1.29 is 14.3 Å². The Bertz CT molecular complexity index is 1060. The van der Waals surface area contributed by atoms with Gasteiger partial charge in [-0.05, 0) is 35.3 Å². The van der Waals surface area contributed by atoms with E-state index in [1.165, 1.54) is 11.1 Å². The number of ether oxygens (including phenoxy) is 2. The Labute approximate surface area is 181 Å². The summed E-state index contributed by atoms with van der Waals surface area (Å²) in [6, 6.07) is 24.0. The van der Waals surface area contributed by atoms with E-state index in [0.29, 0.717) is 13.2 Å². The third-order valence-corrected chi connectivity index (χ3v) is 5.83. The summed E-state index contributed by atoms with van der Waals surface area (Å²) in [6.07, 6.45) is 4.43. The predicted molar refractivity (Wildman–Crippen MR) is 119 cm³/mol. The molecule has 2 atom stereocenters. The second kappa shape index (κ2) is 8.74. The maximum atomic E-state index is 12.8. The van der Waals surface area contributed by atoms with Gasteiger partial charge < -0.3 is 9.47 Å². The molecule has 0 radical (unpaired) electrons. The lowest BCUT2D eigenvalue weighted by atomic mass is 9.89. The van der Waals surface area contributed by atoms with Crippen molar-refractivity contribution in [1.29, 1.82) is 0 Å². The molecule has 1 fully saturated rings. The van der Waals surface area contributed by atoms with Gasteiger partial charge in [0.05, 0.1) is 31.0 Å². The average Bonchev–Trinajstić information content (AvgIpc) is 2.83. The largest absolute Gasteiger partial charge is 0.445 e. The van der Waals surface area contributed by atoms with Crippen molar-refractivity contribution in [3.63, 3.8) is 0 Å². The number of morpholine rings is 1. The highest BCUT2D eigenvalue weighted by Crippen LogP contribution is 2.33. The van der Waals surface area contributed by atoms with Gasteiger partial charge in [-0.2, -0.15) is 0 Å². The molecule has 5 nitrogen and oxygen atoms in total. The number of hydrogen-bond donors (Lipinski definition) is 0. The fraction of sp³-hybridized carbons (Fsp3) is 0.231. The Morgan fingerprint density at radius 3 is 2.48 bits per heavy atom. The molecule has 2 aliphatic rings. The third kappa shape index (κ3) is 4.23. The Kier molecular flexibility index (Phi) is 5.50. The number of benzene rings is 2. The standard InChI is InChI=1S/C26H24N2O3/c29-26(31-16-19-6-2-1-3-7-19)28-23-14-22(15-24(28)18-30-17-23)20-9-11-21(12-10-20)25-8-4-5-13-27-25/h1-14,23-24H,15-18H2. The number of hydrogen-bond acceptors (Lipinski definition) is 4. The molecule has 0 N–H and O–H groups in total. The molecule has 2 unspecified atom stereocenters. The minimum atomic E-state index is -0.275. The van der Waals surface area contributed by atoms with E-state index in [2.05, 4.69) is 35.3 Å². The van der Waals surface area contributed by atoms with Crippen molar-refractivity contribution in [3.05, 3.63) is 96.2 Å². The summed E-state index contributed by atoms with van der Waals surface area (Å²) >= 11 is 0. The normalized spacial score (nSPS) is 20.1. The summed E-state index contributed by atoms with van der Waals surface area (Å²) in [6.45, 7) is 1.30. The first-order valence-electron chi connectivity index (χ1n) is 10.6. The average molecular weight is 412 g/mol. The van der Waals surface area contributed by atoms with E-state index in [-0.39, 0.29) is 24.8 Å². The molecule has 5 rings (SSSR count). The molecule has 0 saturated carbocycles. The van der Waals surface area contributed by atoms with Crippen molar-refractivity contribution in [1.82, 2.24) is 9.88 Å². The summed E-state index contributed by atoms with van der Waals surface area (Å²) in [5.74, 6) is 0. The first-order valence-corrected chi connectivity index (χ1v) is 10.6. The SMILES string of the molecule is O=C(OCc1ccccc1)N1C2C=C(c3ccc(-c4ccccn4)cc3)CC1COC2. The molecular formula is C26H24N2O3. The van der Waals surface area contributed by atoms with Gasteiger partial charge in [0, 0.05) is 11.8 Å². The van der Waals surface area contributed by atoms with Crippen molar-refractivity contribution in [3.8, 4) is 11.3 Å². The van der Waals surface area contributed by atoms with Crippen molar-refractivity contribution in [2.45, 2.75) is 25.1 Å². The van der Waals surface area contributed by atoms with Crippen LogP contribution in [0.5, 0.6) is 0 Å². The summed E-state index contributed by atoms with van der Waals surface area (Å²) in [4.78, 5) is 19.1. The van der Waals surface area contributed by atoms with Gasteiger partial charge in [0.15, 0.2) is 0 Å². The van der Waals surface area contributed by atoms with Crippen molar-refractivity contribution in [2.24, 2.45) is 0 Å². The van der Waals surface area contributed by atoms with Gasteiger partial charge in [-0.1, -0.05) is 66.7 Å². The van der Waals surface area contributed by atoms with Crippen LogP contribution in [-0.4, -0.2) is 41.3 Å². The van der Waals surface area contributed by atoms with Crippen LogP contribution in [0.3, 0.4) is 0 Å². The van der Waals surface area contributed by atoms with E-state index in [1.807, 2.05) is 53.4 Å². The van der Waals surface area contributed by atoms with E-state index < -0.39 is 0 Å². The molecule has 1 saturated heterocycles. The number of rotatable bonds is 4. The van der Waals surface area contributed by atoms with Crippen LogP contribution >= 0.6 is 0 Å². The lowest BCUT2D eigenvalue weighted by Crippen LogP contribution is -2.56. The summed E-state index contributed by atoms with van der Waals surface area (Å²) in [7, 11) is 0. The zero-order valence-electron chi connectivity index (χ0n) is 17.2. The van der Waals surface area contributed by atoms with Gasteiger partial charge in [-0.3, -0.25) is 9.88 Å². The molecule has 3 heterocycles. The Balaban J connectivity index is 1.31. The van der Waals surface area contributed by atoms with Gasteiger partial charge in [0.1, 0.15) is 6.61 Å². The lowest BCUT2D eigenvalue weighted by Gasteiger charge is -2.43. The number of amides is 1. The molecule has 31 heavy (non-hydrogen) atoms. The number of aromatic nitrogens is 1. The Morgan fingerprint density at radius 1 is 0.968 bits per heavy atom. The highest BCUT2D eigenvalue weighted by molar-refractivity contribution is 5.75.